The zero-order valence-electron chi connectivity index (χ0n) is 16.6. The standard InChI is InChI=1S/C21H26O7S/c1-3-19(23)27-17-11-13(28-29(24,25)26)10-12-4-5-14-15(20(12)17)8-9-21(2)16(14)6-7-18(21)22/h10-11,14-16H,3-9H2,1-2H3,(H,24,25,26)/t14?,15?,16?,21-/m0/s1. The summed E-state index contributed by atoms with van der Waals surface area (Å²) in [6.07, 6.45) is 4.92. The number of fused-ring (bicyclic) bond motifs is 5. The molecule has 3 aliphatic carbocycles. The lowest BCUT2D eigenvalue weighted by Gasteiger charge is -2.48. The van der Waals surface area contributed by atoms with Crippen molar-refractivity contribution >= 4 is 22.2 Å². The van der Waals surface area contributed by atoms with Gasteiger partial charge in [0, 0.05) is 29.9 Å². The van der Waals surface area contributed by atoms with Gasteiger partial charge in [-0.25, -0.2) is 0 Å². The minimum Gasteiger partial charge on any atom is -0.426 e. The molecule has 3 aliphatic rings. The van der Waals surface area contributed by atoms with Crippen molar-refractivity contribution in [2.45, 2.75) is 64.7 Å². The molecule has 0 aliphatic heterocycles. The van der Waals surface area contributed by atoms with E-state index >= 15 is 0 Å². The van der Waals surface area contributed by atoms with Gasteiger partial charge in [0.05, 0.1) is 0 Å². The van der Waals surface area contributed by atoms with Crippen LogP contribution in [0.1, 0.15) is 69.4 Å². The second-order valence-corrected chi connectivity index (χ2v) is 9.69. The molecular weight excluding hydrogens is 396 g/mol. The summed E-state index contributed by atoms with van der Waals surface area (Å²) in [6, 6.07) is 2.98. The van der Waals surface area contributed by atoms with Crippen molar-refractivity contribution in [1.29, 1.82) is 0 Å². The Morgan fingerprint density at radius 3 is 2.69 bits per heavy atom. The van der Waals surface area contributed by atoms with Crippen molar-refractivity contribution in [1.82, 2.24) is 0 Å². The Kier molecular flexibility index (Phi) is 4.98. The molecule has 7 nitrogen and oxygen atoms in total. The highest BCUT2D eigenvalue weighted by Crippen LogP contribution is 2.60. The van der Waals surface area contributed by atoms with Crippen molar-refractivity contribution in [3.63, 3.8) is 0 Å². The number of ether oxygens (including phenoxy) is 1. The van der Waals surface area contributed by atoms with Crippen LogP contribution in [0.3, 0.4) is 0 Å². The van der Waals surface area contributed by atoms with Crippen LogP contribution in [0, 0.1) is 17.3 Å². The number of esters is 1. The van der Waals surface area contributed by atoms with E-state index in [0.717, 1.165) is 36.8 Å². The first-order chi connectivity index (χ1) is 13.6. The second-order valence-electron chi connectivity index (χ2n) is 8.67. The average Bonchev–Trinajstić information content (AvgIpc) is 2.95. The molecule has 8 heteroatoms. The number of carbonyl (C=O) groups is 2. The largest absolute Gasteiger partial charge is 0.446 e. The molecule has 0 aromatic heterocycles. The Balaban J connectivity index is 1.76. The Morgan fingerprint density at radius 2 is 2.00 bits per heavy atom. The first-order valence-electron chi connectivity index (χ1n) is 10.2. The second kappa shape index (κ2) is 7.09. The third kappa shape index (κ3) is 3.57. The van der Waals surface area contributed by atoms with E-state index in [0.29, 0.717) is 36.2 Å². The average molecular weight is 422 g/mol. The van der Waals surface area contributed by atoms with Gasteiger partial charge in [0.25, 0.3) is 0 Å². The molecule has 0 spiro atoms. The van der Waals surface area contributed by atoms with Crippen LogP contribution in [0.25, 0.3) is 0 Å². The van der Waals surface area contributed by atoms with E-state index in [-0.39, 0.29) is 23.5 Å². The predicted octanol–water partition coefficient (Wildman–Crippen LogP) is 3.61. The number of hydrogen-bond acceptors (Lipinski definition) is 6. The summed E-state index contributed by atoms with van der Waals surface area (Å²) in [4.78, 5) is 24.5. The van der Waals surface area contributed by atoms with Gasteiger partial charge < -0.3 is 8.92 Å². The van der Waals surface area contributed by atoms with Crippen LogP contribution >= 0.6 is 0 Å². The molecule has 0 bridgehead atoms. The van der Waals surface area contributed by atoms with E-state index < -0.39 is 16.4 Å². The molecule has 4 atom stereocenters. The summed E-state index contributed by atoms with van der Waals surface area (Å²) < 4.78 is 41.6. The van der Waals surface area contributed by atoms with E-state index in [1.807, 2.05) is 0 Å². The van der Waals surface area contributed by atoms with Crippen LogP contribution < -0.4 is 8.92 Å². The van der Waals surface area contributed by atoms with Crippen molar-refractivity contribution in [3.05, 3.63) is 23.3 Å². The van der Waals surface area contributed by atoms with E-state index in [9.17, 15) is 18.0 Å². The lowest BCUT2D eigenvalue weighted by molar-refractivity contribution is -0.134. The normalized spacial score (nSPS) is 30.9. The van der Waals surface area contributed by atoms with Gasteiger partial charge in [0.2, 0.25) is 0 Å². The molecule has 1 aromatic carbocycles. The predicted molar refractivity (Wildman–Crippen MR) is 104 cm³/mol. The topological polar surface area (TPSA) is 107 Å². The molecule has 158 valence electrons. The smallest absolute Gasteiger partial charge is 0.426 e. The maximum atomic E-state index is 12.5. The number of ketones is 1. The Bertz CT molecular complexity index is 967. The molecule has 0 saturated heterocycles. The number of rotatable bonds is 4. The number of benzene rings is 1. The fourth-order valence-corrected chi connectivity index (χ4v) is 6.21. The zero-order chi connectivity index (χ0) is 21.0. The van der Waals surface area contributed by atoms with Crippen molar-refractivity contribution in [2.75, 3.05) is 0 Å². The van der Waals surface area contributed by atoms with Gasteiger partial charge in [-0.2, -0.15) is 8.42 Å². The molecule has 0 amide bonds. The molecule has 0 heterocycles. The summed E-state index contributed by atoms with van der Waals surface area (Å²) in [5.74, 6) is 0.986. The summed E-state index contributed by atoms with van der Waals surface area (Å²) in [5.41, 5.74) is 1.54. The van der Waals surface area contributed by atoms with Crippen LogP contribution in [0.15, 0.2) is 12.1 Å². The summed E-state index contributed by atoms with van der Waals surface area (Å²) in [7, 11) is -4.68. The third-order valence-corrected chi connectivity index (χ3v) is 7.58. The lowest BCUT2D eigenvalue weighted by atomic mass is 9.55. The Morgan fingerprint density at radius 1 is 1.24 bits per heavy atom. The summed E-state index contributed by atoms with van der Waals surface area (Å²) >= 11 is 0. The molecule has 4 rings (SSSR count). The molecule has 2 fully saturated rings. The Hall–Kier alpha value is -1.93. The SMILES string of the molecule is CCC(=O)Oc1cc(OS(=O)(=O)O)cc2c1C1CC[C@]3(C)C(=O)CCC3C1CC2. The van der Waals surface area contributed by atoms with Gasteiger partial charge in [-0.3, -0.25) is 14.1 Å². The maximum Gasteiger partial charge on any atom is 0.446 e. The molecular formula is C21H26O7S. The van der Waals surface area contributed by atoms with Crippen molar-refractivity contribution in [2.24, 2.45) is 17.3 Å². The summed E-state index contributed by atoms with van der Waals surface area (Å²) in [6.45, 7) is 3.78. The molecule has 3 unspecified atom stereocenters. The fourth-order valence-electron chi connectivity index (χ4n) is 5.87. The van der Waals surface area contributed by atoms with Crippen molar-refractivity contribution in [3.8, 4) is 11.5 Å². The monoisotopic (exact) mass is 422 g/mol. The molecule has 0 radical (unpaired) electrons. The van der Waals surface area contributed by atoms with Gasteiger partial charge in [0.1, 0.15) is 17.3 Å². The van der Waals surface area contributed by atoms with E-state index in [1.54, 1.807) is 13.0 Å². The molecule has 29 heavy (non-hydrogen) atoms. The van der Waals surface area contributed by atoms with Crippen LogP contribution in [-0.2, 0) is 26.4 Å². The van der Waals surface area contributed by atoms with Gasteiger partial charge in [0.15, 0.2) is 0 Å². The first kappa shape index (κ1) is 20.3. The van der Waals surface area contributed by atoms with E-state index in [2.05, 4.69) is 11.1 Å². The van der Waals surface area contributed by atoms with Crippen LogP contribution in [0.2, 0.25) is 0 Å². The summed E-state index contributed by atoms with van der Waals surface area (Å²) in [5, 5.41) is 0. The Labute approximate surface area is 170 Å². The van der Waals surface area contributed by atoms with Crippen LogP contribution in [0.4, 0.5) is 0 Å². The van der Waals surface area contributed by atoms with E-state index in [4.69, 9.17) is 9.29 Å². The number of aryl methyl sites for hydroxylation is 1. The number of carbonyl (C=O) groups excluding carboxylic acids is 2. The lowest BCUT2D eigenvalue weighted by Crippen LogP contribution is -2.42. The van der Waals surface area contributed by atoms with E-state index in [1.165, 1.54) is 6.07 Å². The van der Waals surface area contributed by atoms with Gasteiger partial charge in [-0.1, -0.05) is 13.8 Å². The minimum absolute atomic E-state index is 0.0692. The van der Waals surface area contributed by atoms with Crippen LogP contribution in [-0.4, -0.2) is 24.7 Å². The quantitative estimate of drug-likeness (QED) is 0.449. The zero-order valence-corrected chi connectivity index (χ0v) is 17.5. The first-order valence-corrected chi connectivity index (χ1v) is 11.6. The molecule has 1 aromatic rings. The fraction of sp³-hybridized carbons (Fsp3) is 0.619. The highest BCUT2D eigenvalue weighted by atomic mass is 32.3. The maximum absolute atomic E-state index is 12.5. The molecule has 2 saturated carbocycles. The third-order valence-electron chi connectivity index (χ3n) is 7.18. The van der Waals surface area contributed by atoms with Gasteiger partial charge >= 0.3 is 16.4 Å². The van der Waals surface area contributed by atoms with Crippen molar-refractivity contribution < 1.29 is 31.5 Å². The van der Waals surface area contributed by atoms with Gasteiger partial charge in [-0.05, 0) is 61.5 Å². The molecule has 1 N–H and O–H groups in total. The van der Waals surface area contributed by atoms with Crippen LogP contribution in [0.5, 0.6) is 11.5 Å². The van der Waals surface area contributed by atoms with Gasteiger partial charge in [-0.15, -0.1) is 0 Å². The highest BCUT2D eigenvalue weighted by Gasteiger charge is 2.55. The minimum atomic E-state index is -4.68. The number of Topliss-reactive ketones (excluding diaryl/α,β-unsaturated/α-hetero) is 1. The number of hydrogen-bond donors (Lipinski definition) is 1. The highest BCUT2D eigenvalue weighted by molar-refractivity contribution is 7.81.